The van der Waals surface area contributed by atoms with E-state index in [2.05, 4.69) is 55.0 Å². The number of esters is 2. The van der Waals surface area contributed by atoms with Crippen LogP contribution in [-0.2, 0) is 9.47 Å². The molecule has 0 amide bonds. The summed E-state index contributed by atoms with van der Waals surface area (Å²) in [4.78, 5) is 56.3. The second-order valence-corrected chi connectivity index (χ2v) is 10.6. The van der Waals surface area contributed by atoms with Gasteiger partial charge < -0.3 is 38.8 Å². The molecule has 6 aromatic heterocycles. The van der Waals surface area contributed by atoms with E-state index in [1.54, 1.807) is 50.6 Å². The van der Waals surface area contributed by atoms with E-state index >= 15 is 0 Å². The third-order valence-electron chi connectivity index (χ3n) is 5.77. The molecular formula is C34H36BrLiN6O11. The zero-order chi connectivity index (χ0) is 36.5. The Morgan fingerprint density at radius 1 is 0.698 bits per heavy atom. The van der Waals surface area contributed by atoms with Gasteiger partial charge in [0, 0.05) is 51.3 Å². The van der Waals surface area contributed by atoms with Crippen LogP contribution in [0.3, 0.4) is 0 Å². The van der Waals surface area contributed by atoms with Gasteiger partial charge in [0.1, 0.15) is 18.8 Å². The number of aromatic nitrogens is 6. The van der Waals surface area contributed by atoms with E-state index in [0.29, 0.717) is 19.1 Å². The number of pyridine rings is 3. The van der Waals surface area contributed by atoms with Gasteiger partial charge >= 0.3 is 36.8 Å². The first-order chi connectivity index (χ1) is 24.0. The van der Waals surface area contributed by atoms with Crippen molar-refractivity contribution in [2.24, 2.45) is 0 Å². The number of hydrogen-bond donors (Lipinski definition) is 1. The summed E-state index contributed by atoms with van der Waals surface area (Å²) in [6.07, 6.45) is 9.91. The molecule has 4 N–H and O–H groups in total. The van der Waals surface area contributed by atoms with Crippen LogP contribution in [-0.4, -0.2) is 77.1 Å². The zero-order valence-corrected chi connectivity index (χ0v) is 31.2. The number of nitrogens with zero attached hydrogens (tertiary/aromatic N) is 6. The monoisotopic (exact) mass is 790 g/mol. The van der Waals surface area contributed by atoms with Crippen LogP contribution in [0.1, 0.15) is 62.4 Å². The normalized spacial score (nSPS) is 9.32. The molecule has 6 rings (SSSR count). The van der Waals surface area contributed by atoms with Crippen LogP contribution >= 0.6 is 15.9 Å². The molecule has 6 aromatic rings. The Balaban J connectivity index is 0.000000692. The summed E-state index contributed by atoms with van der Waals surface area (Å²) in [7, 11) is 0. The SMILES string of the molecule is CCOC(=O)c1coc(-c2ccnc(C)c2)n1.CCOC(=O)c1cocn1.Cc1cc(-c2nc(C(=O)O)co2)ccn1.Cc1cc(Br)ccn1.O.[Li+].[OH-]. The van der Waals surface area contributed by atoms with Crippen molar-refractivity contribution < 1.29 is 72.0 Å². The molecule has 0 aliphatic rings. The number of aromatic carboxylic acids is 1. The number of carboxylic acid groups (broad SMARTS) is 1. The average Bonchev–Trinajstić information content (AvgIpc) is 3.89. The van der Waals surface area contributed by atoms with Crippen molar-refractivity contribution in [2.75, 3.05) is 13.2 Å². The number of ether oxygens (including phenoxy) is 2. The van der Waals surface area contributed by atoms with E-state index in [9.17, 15) is 14.4 Å². The molecule has 53 heavy (non-hydrogen) atoms. The van der Waals surface area contributed by atoms with Crippen LogP contribution in [0.15, 0.2) is 97.9 Å². The predicted molar refractivity (Wildman–Crippen MR) is 187 cm³/mol. The van der Waals surface area contributed by atoms with Gasteiger partial charge in [-0.1, -0.05) is 15.9 Å². The first-order valence-corrected chi connectivity index (χ1v) is 15.6. The Bertz CT molecular complexity index is 1970. The van der Waals surface area contributed by atoms with Crippen molar-refractivity contribution in [3.05, 3.63) is 119 Å². The average molecular weight is 792 g/mol. The second kappa shape index (κ2) is 24.6. The summed E-state index contributed by atoms with van der Waals surface area (Å²) in [6, 6.07) is 11.0. The molecule has 17 nitrogen and oxygen atoms in total. The van der Waals surface area contributed by atoms with E-state index < -0.39 is 17.9 Å². The first-order valence-electron chi connectivity index (χ1n) is 14.8. The number of rotatable bonds is 7. The van der Waals surface area contributed by atoms with Gasteiger partial charge in [0.05, 0.1) is 13.2 Å². The van der Waals surface area contributed by atoms with E-state index in [-0.39, 0.29) is 52.8 Å². The quantitative estimate of drug-likeness (QED) is 0.180. The van der Waals surface area contributed by atoms with E-state index in [0.717, 1.165) is 38.9 Å². The maximum absolute atomic E-state index is 11.4. The summed E-state index contributed by atoms with van der Waals surface area (Å²) in [5.74, 6) is -1.35. The third-order valence-corrected chi connectivity index (χ3v) is 6.27. The first kappa shape index (κ1) is 47.5. The van der Waals surface area contributed by atoms with E-state index in [1.807, 2.05) is 39.0 Å². The van der Waals surface area contributed by atoms with Crippen molar-refractivity contribution in [2.45, 2.75) is 34.6 Å². The van der Waals surface area contributed by atoms with Crippen LogP contribution in [0.4, 0.5) is 0 Å². The van der Waals surface area contributed by atoms with Crippen molar-refractivity contribution in [3.8, 4) is 22.9 Å². The molecule has 0 radical (unpaired) electrons. The molecule has 0 bridgehead atoms. The number of halogens is 1. The molecule has 0 saturated carbocycles. The van der Waals surface area contributed by atoms with E-state index in [4.69, 9.17) is 18.7 Å². The van der Waals surface area contributed by atoms with Crippen molar-refractivity contribution >= 4 is 33.8 Å². The minimum absolute atomic E-state index is 0. The van der Waals surface area contributed by atoms with Gasteiger partial charge in [-0.25, -0.2) is 29.3 Å². The fourth-order valence-electron chi connectivity index (χ4n) is 3.60. The van der Waals surface area contributed by atoms with Crippen LogP contribution in [0.25, 0.3) is 22.9 Å². The molecule has 6 heterocycles. The Kier molecular flexibility index (Phi) is 22.1. The summed E-state index contributed by atoms with van der Waals surface area (Å²) >= 11 is 3.32. The molecule has 0 aromatic carbocycles. The summed E-state index contributed by atoms with van der Waals surface area (Å²) < 4.78 is 25.4. The summed E-state index contributed by atoms with van der Waals surface area (Å²) in [5.41, 5.74) is 4.51. The molecule has 0 spiro atoms. The predicted octanol–water partition coefficient (Wildman–Crippen LogP) is 2.97. The van der Waals surface area contributed by atoms with Gasteiger partial charge in [-0.3, -0.25) is 15.0 Å². The fraction of sp³-hybridized carbons (Fsp3) is 0.206. The number of carbonyl (C=O) groups is 3. The number of carboxylic acids is 1. The number of carbonyl (C=O) groups excluding carboxylic acids is 2. The molecule has 0 unspecified atom stereocenters. The maximum atomic E-state index is 11.4. The maximum Gasteiger partial charge on any atom is 1.00 e. The molecule has 0 aliphatic heterocycles. The molecular weight excluding hydrogens is 755 g/mol. The van der Waals surface area contributed by atoms with Gasteiger partial charge in [-0.15, -0.1) is 0 Å². The number of hydrogen-bond acceptors (Lipinski definition) is 15. The largest absolute Gasteiger partial charge is 1.00 e. The molecule has 0 fully saturated rings. The van der Waals surface area contributed by atoms with Crippen LogP contribution in [0.5, 0.6) is 0 Å². The van der Waals surface area contributed by atoms with Gasteiger partial charge in [-0.05, 0) is 71.0 Å². The molecule has 0 aliphatic carbocycles. The standard InChI is InChI=1S/C12H12N2O3.C10H8N2O3.C6H6BrN.C6H7NO3.Li.2H2O/c1-3-16-12(15)10-7-17-11(14-10)9-4-5-13-8(2)6-9;1-6-4-7(2-3-11-6)9-12-8(5-15-9)10(13)14;1-5-4-6(7)2-3-8-5;1-2-10-6(8)5-3-9-4-7-5;;;/h4-7H,3H2,1-2H3;2-5H,1H3,(H,13,14);2-4H,1H3;3-4H,2H2,1H3;;2*1H2/q;;;;+1;;/p-1. The van der Waals surface area contributed by atoms with Gasteiger partial charge in [-0.2, -0.15) is 0 Å². The Hall–Kier alpha value is -5.51. The van der Waals surface area contributed by atoms with Gasteiger partial charge in [0.25, 0.3) is 0 Å². The molecule has 0 atom stereocenters. The summed E-state index contributed by atoms with van der Waals surface area (Å²) in [5, 5.41) is 8.66. The van der Waals surface area contributed by atoms with Crippen LogP contribution < -0.4 is 18.9 Å². The Morgan fingerprint density at radius 2 is 1.15 bits per heavy atom. The smallest absolute Gasteiger partial charge is 0.870 e. The van der Waals surface area contributed by atoms with E-state index in [1.165, 1.54) is 18.9 Å². The third kappa shape index (κ3) is 16.1. The van der Waals surface area contributed by atoms with Crippen LogP contribution in [0, 0.1) is 20.8 Å². The fourth-order valence-corrected chi connectivity index (χ4v) is 4.05. The topological polar surface area (TPSA) is 268 Å². The van der Waals surface area contributed by atoms with Gasteiger partial charge in [0.15, 0.2) is 23.5 Å². The molecule has 0 saturated heterocycles. The van der Waals surface area contributed by atoms with Crippen molar-refractivity contribution in [1.29, 1.82) is 0 Å². The number of oxazole rings is 3. The Labute approximate surface area is 324 Å². The zero-order valence-electron chi connectivity index (χ0n) is 29.6. The Morgan fingerprint density at radius 3 is 1.53 bits per heavy atom. The summed E-state index contributed by atoms with van der Waals surface area (Å²) in [6.45, 7) is 9.82. The van der Waals surface area contributed by atoms with Crippen molar-refractivity contribution in [1.82, 2.24) is 29.9 Å². The minimum atomic E-state index is -1.10. The second-order valence-electron chi connectivity index (χ2n) is 9.68. The molecule has 276 valence electrons. The minimum Gasteiger partial charge on any atom is -0.870 e. The van der Waals surface area contributed by atoms with Crippen LogP contribution in [0.2, 0.25) is 0 Å². The molecule has 19 heteroatoms. The number of aryl methyl sites for hydroxylation is 3. The van der Waals surface area contributed by atoms with Gasteiger partial charge in [0.2, 0.25) is 11.8 Å². The van der Waals surface area contributed by atoms with Crippen molar-refractivity contribution in [3.63, 3.8) is 0 Å².